The van der Waals surface area contributed by atoms with Crippen molar-refractivity contribution in [1.82, 2.24) is 19.7 Å². The number of aryl methyl sites for hydroxylation is 4. The van der Waals surface area contributed by atoms with Crippen molar-refractivity contribution >= 4 is 28.5 Å². The monoisotopic (exact) mass is 375 g/mol. The second-order valence-electron chi connectivity index (χ2n) is 5.78. The summed E-state index contributed by atoms with van der Waals surface area (Å²) in [6.07, 6.45) is 0. The Balaban J connectivity index is 1.96. The SMILES string of the molecule is Cc1cccc(C)c1-c1cc(Cl)nc(NS(=O)c2cc(C)n(C)n2)n1. The molecular formula is C17H18ClN5OS. The maximum atomic E-state index is 12.5. The van der Waals surface area contributed by atoms with Gasteiger partial charge in [0.25, 0.3) is 0 Å². The van der Waals surface area contributed by atoms with Crippen LogP contribution in [0.4, 0.5) is 5.95 Å². The lowest BCUT2D eigenvalue weighted by Crippen LogP contribution is -2.09. The van der Waals surface area contributed by atoms with Crippen molar-refractivity contribution in [1.29, 1.82) is 0 Å². The molecule has 0 amide bonds. The minimum atomic E-state index is -1.57. The molecule has 0 saturated heterocycles. The van der Waals surface area contributed by atoms with Crippen molar-refractivity contribution in [2.45, 2.75) is 25.8 Å². The summed E-state index contributed by atoms with van der Waals surface area (Å²) in [7, 11) is 0.224. The van der Waals surface area contributed by atoms with Crippen LogP contribution in [0.1, 0.15) is 16.8 Å². The van der Waals surface area contributed by atoms with Crippen LogP contribution in [0.15, 0.2) is 35.4 Å². The van der Waals surface area contributed by atoms with Crippen LogP contribution < -0.4 is 4.72 Å². The van der Waals surface area contributed by atoms with Crippen LogP contribution in [0.5, 0.6) is 0 Å². The Morgan fingerprint density at radius 1 is 1.12 bits per heavy atom. The predicted molar refractivity (Wildman–Crippen MR) is 99.9 cm³/mol. The summed E-state index contributed by atoms with van der Waals surface area (Å²) in [4.78, 5) is 8.61. The number of hydrogen-bond acceptors (Lipinski definition) is 4. The zero-order valence-corrected chi connectivity index (χ0v) is 15.9. The molecule has 1 atom stereocenters. The molecule has 1 aromatic carbocycles. The number of nitrogens with one attached hydrogen (secondary N) is 1. The van der Waals surface area contributed by atoms with Gasteiger partial charge in [0.15, 0.2) is 16.0 Å². The average molecular weight is 376 g/mol. The Kier molecular flexibility index (Phi) is 4.87. The Labute approximate surface area is 153 Å². The standard InChI is InChI=1S/C17H18ClN5OS/c1-10-6-5-7-11(2)16(10)13-9-14(18)20-17(19-13)22-25(24)15-8-12(3)23(4)21-15/h5-9H,1-4H3,(H,19,20,22). The van der Waals surface area contributed by atoms with Gasteiger partial charge in [0, 0.05) is 24.4 Å². The van der Waals surface area contributed by atoms with Gasteiger partial charge in [-0.05, 0) is 38.0 Å². The molecule has 3 rings (SSSR count). The van der Waals surface area contributed by atoms with E-state index in [-0.39, 0.29) is 11.1 Å². The largest absolute Gasteiger partial charge is 0.272 e. The highest BCUT2D eigenvalue weighted by Crippen LogP contribution is 2.28. The van der Waals surface area contributed by atoms with E-state index in [0.717, 1.165) is 22.4 Å². The number of anilines is 1. The molecule has 0 spiro atoms. The van der Waals surface area contributed by atoms with Crippen molar-refractivity contribution < 1.29 is 4.21 Å². The first-order valence-corrected chi connectivity index (χ1v) is 9.18. The van der Waals surface area contributed by atoms with Crippen molar-refractivity contribution in [3.63, 3.8) is 0 Å². The lowest BCUT2D eigenvalue weighted by Gasteiger charge is -2.11. The maximum absolute atomic E-state index is 12.5. The fraction of sp³-hybridized carbons (Fsp3) is 0.235. The molecule has 3 aromatic rings. The third kappa shape index (κ3) is 3.72. The lowest BCUT2D eigenvalue weighted by atomic mass is 10.00. The molecule has 25 heavy (non-hydrogen) atoms. The van der Waals surface area contributed by atoms with Gasteiger partial charge in [0.2, 0.25) is 5.95 Å². The van der Waals surface area contributed by atoms with E-state index in [1.807, 2.05) is 39.0 Å². The molecule has 0 fully saturated rings. The van der Waals surface area contributed by atoms with Gasteiger partial charge in [-0.25, -0.2) is 14.2 Å². The summed E-state index contributed by atoms with van der Waals surface area (Å²) < 4.78 is 16.9. The van der Waals surface area contributed by atoms with E-state index in [9.17, 15) is 4.21 Å². The van der Waals surface area contributed by atoms with Gasteiger partial charge in [0.05, 0.1) is 5.69 Å². The first-order chi connectivity index (χ1) is 11.8. The van der Waals surface area contributed by atoms with Gasteiger partial charge < -0.3 is 0 Å². The van der Waals surface area contributed by atoms with Gasteiger partial charge in [-0.3, -0.25) is 9.40 Å². The molecule has 0 saturated carbocycles. The van der Waals surface area contributed by atoms with Gasteiger partial charge in [-0.2, -0.15) is 5.10 Å². The van der Waals surface area contributed by atoms with E-state index in [4.69, 9.17) is 11.6 Å². The van der Waals surface area contributed by atoms with Crippen LogP contribution in [-0.2, 0) is 18.0 Å². The normalized spacial score (nSPS) is 12.2. The molecule has 6 nitrogen and oxygen atoms in total. The molecule has 130 valence electrons. The first kappa shape index (κ1) is 17.6. The van der Waals surface area contributed by atoms with Crippen molar-refractivity contribution in [3.8, 4) is 11.3 Å². The second kappa shape index (κ2) is 6.93. The van der Waals surface area contributed by atoms with E-state index >= 15 is 0 Å². The number of halogens is 1. The summed E-state index contributed by atoms with van der Waals surface area (Å²) in [6, 6.07) is 9.48. The number of nitrogens with zero attached hydrogens (tertiary/aromatic N) is 4. The first-order valence-electron chi connectivity index (χ1n) is 7.65. The number of rotatable bonds is 4. The van der Waals surface area contributed by atoms with Crippen LogP contribution >= 0.6 is 11.6 Å². The van der Waals surface area contributed by atoms with Crippen molar-refractivity contribution in [3.05, 3.63) is 52.3 Å². The Bertz CT molecular complexity index is 930. The predicted octanol–water partition coefficient (Wildman–Crippen LogP) is 3.59. The third-order valence-corrected chi connectivity index (χ3v) is 5.04. The minimum Gasteiger partial charge on any atom is -0.272 e. The van der Waals surface area contributed by atoms with Crippen LogP contribution in [-0.4, -0.2) is 24.0 Å². The molecule has 1 N–H and O–H groups in total. The topological polar surface area (TPSA) is 72.7 Å². The van der Waals surface area contributed by atoms with Crippen molar-refractivity contribution in [2.75, 3.05) is 4.72 Å². The molecule has 2 heterocycles. The summed E-state index contributed by atoms with van der Waals surface area (Å²) in [5, 5.41) is 4.90. The Morgan fingerprint density at radius 3 is 2.40 bits per heavy atom. The molecule has 0 aliphatic carbocycles. The highest BCUT2D eigenvalue weighted by molar-refractivity contribution is 7.86. The van der Waals surface area contributed by atoms with Crippen LogP contribution in [0.2, 0.25) is 5.15 Å². The molecule has 2 aromatic heterocycles. The lowest BCUT2D eigenvalue weighted by molar-refractivity contribution is 0.672. The summed E-state index contributed by atoms with van der Waals surface area (Å²) in [6.45, 7) is 5.92. The van der Waals surface area contributed by atoms with Crippen LogP contribution in [0.3, 0.4) is 0 Å². The molecule has 1 unspecified atom stereocenters. The van der Waals surface area contributed by atoms with Gasteiger partial charge in [-0.1, -0.05) is 29.8 Å². The van der Waals surface area contributed by atoms with Gasteiger partial charge in [-0.15, -0.1) is 0 Å². The zero-order chi connectivity index (χ0) is 18.1. The van der Waals surface area contributed by atoms with Crippen molar-refractivity contribution in [2.24, 2.45) is 7.05 Å². The third-order valence-electron chi connectivity index (χ3n) is 3.90. The molecular weight excluding hydrogens is 358 g/mol. The van der Waals surface area contributed by atoms with E-state index in [2.05, 4.69) is 19.8 Å². The van der Waals surface area contributed by atoms with E-state index in [0.29, 0.717) is 10.7 Å². The number of hydrogen-bond donors (Lipinski definition) is 1. The number of benzene rings is 1. The fourth-order valence-corrected chi connectivity index (χ4v) is 3.58. The van der Waals surface area contributed by atoms with E-state index in [1.54, 1.807) is 23.9 Å². The maximum Gasteiger partial charge on any atom is 0.237 e. The van der Waals surface area contributed by atoms with E-state index < -0.39 is 11.0 Å². The Hall–Kier alpha value is -2.25. The Morgan fingerprint density at radius 2 is 1.80 bits per heavy atom. The fourth-order valence-electron chi connectivity index (χ4n) is 2.56. The van der Waals surface area contributed by atoms with Crippen LogP contribution in [0, 0.1) is 20.8 Å². The van der Waals surface area contributed by atoms with E-state index in [1.165, 1.54) is 0 Å². The molecule has 0 radical (unpaired) electrons. The molecule has 0 aliphatic heterocycles. The smallest absolute Gasteiger partial charge is 0.237 e. The second-order valence-corrected chi connectivity index (χ2v) is 7.33. The summed E-state index contributed by atoms with van der Waals surface area (Å²) in [5.41, 5.74) is 4.76. The number of aromatic nitrogens is 4. The molecule has 0 bridgehead atoms. The van der Waals surface area contributed by atoms with Crippen LogP contribution in [0.25, 0.3) is 11.3 Å². The summed E-state index contributed by atoms with van der Waals surface area (Å²) >= 11 is 6.15. The average Bonchev–Trinajstić information content (AvgIpc) is 2.86. The minimum absolute atomic E-state index is 0.201. The molecule has 8 heteroatoms. The van der Waals surface area contributed by atoms with Gasteiger partial charge in [0.1, 0.15) is 5.15 Å². The molecule has 0 aliphatic rings. The quantitative estimate of drug-likeness (QED) is 0.707. The highest BCUT2D eigenvalue weighted by atomic mass is 35.5. The van der Waals surface area contributed by atoms with Gasteiger partial charge >= 0.3 is 0 Å². The highest BCUT2D eigenvalue weighted by Gasteiger charge is 2.14. The zero-order valence-electron chi connectivity index (χ0n) is 14.4. The summed E-state index contributed by atoms with van der Waals surface area (Å²) in [5.74, 6) is 0.201.